The van der Waals surface area contributed by atoms with Crippen molar-refractivity contribution in [2.45, 2.75) is 25.7 Å². The van der Waals surface area contributed by atoms with Crippen molar-refractivity contribution in [3.63, 3.8) is 0 Å². The lowest BCUT2D eigenvalue weighted by molar-refractivity contribution is -0.122. The van der Waals surface area contributed by atoms with Crippen molar-refractivity contribution < 1.29 is 29.4 Å². The van der Waals surface area contributed by atoms with Gasteiger partial charge in [0.05, 0.1) is 11.1 Å². The molecule has 2 atom stereocenters. The zero-order valence-electron chi connectivity index (χ0n) is 16.7. The predicted octanol–water partition coefficient (Wildman–Crippen LogP) is 3.13. The molecule has 31 heavy (non-hydrogen) atoms. The summed E-state index contributed by atoms with van der Waals surface area (Å²) in [4.78, 5) is 50.8. The minimum Gasteiger partial charge on any atom is -0.507 e. The number of carboxylic acids is 1. The molecule has 0 bridgehead atoms. The first kappa shape index (κ1) is 20.6. The summed E-state index contributed by atoms with van der Waals surface area (Å²) in [5.74, 6) is -3.25. The molecular formula is C23H22N2O6. The molecule has 160 valence electrons. The number of fused-ring (bicyclic) bond motifs is 1. The highest BCUT2D eigenvalue weighted by Gasteiger charge is 2.40. The van der Waals surface area contributed by atoms with Gasteiger partial charge in [-0.1, -0.05) is 25.0 Å². The van der Waals surface area contributed by atoms with Crippen molar-refractivity contribution >= 4 is 29.4 Å². The van der Waals surface area contributed by atoms with E-state index in [4.69, 9.17) is 5.11 Å². The van der Waals surface area contributed by atoms with Crippen LogP contribution in [-0.2, 0) is 4.79 Å². The van der Waals surface area contributed by atoms with Crippen LogP contribution < -0.4 is 5.32 Å². The number of hydrogen-bond donors (Lipinski definition) is 3. The highest BCUT2D eigenvalue weighted by atomic mass is 16.4. The first-order chi connectivity index (χ1) is 14.9. The number of imide groups is 1. The number of phenols is 1. The Kier molecular flexibility index (Phi) is 5.46. The molecule has 1 aliphatic carbocycles. The predicted molar refractivity (Wildman–Crippen MR) is 111 cm³/mol. The van der Waals surface area contributed by atoms with Crippen molar-refractivity contribution in [2.75, 3.05) is 11.9 Å². The fraction of sp³-hybridized carbons (Fsp3) is 0.304. The fourth-order valence-corrected chi connectivity index (χ4v) is 4.43. The smallest absolute Gasteiger partial charge is 0.339 e. The Hall–Kier alpha value is -3.68. The first-order valence-electron chi connectivity index (χ1n) is 10.2. The van der Waals surface area contributed by atoms with Crippen LogP contribution in [0.2, 0.25) is 0 Å². The summed E-state index contributed by atoms with van der Waals surface area (Å²) >= 11 is 0. The van der Waals surface area contributed by atoms with Crippen LogP contribution >= 0.6 is 0 Å². The number of benzene rings is 2. The number of carbonyl (C=O) groups is 4. The molecule has 0 radical (unpaired) electrons. The number of carboxylic acid groups (broad SMARTS) is 1. The molecule has 2 aromatic rings. The monoisotopic (exact) mass is 422 g/mol. The van der Waals surface area contributed by atoms with Gasteiger partial charge in [-0.3, -0.25) is 19.3 Å². The molecule has 0 spiro atoms. The SMILES string of the molecule is O=C(O)c1cc(NC(=O)C2CCCCC2CN2C(=O)c3ccccc3C2=O)ccc1O. The molecule has 1 fully saturated rings. The van der Waals surface area contributed by atoms with Gasteiger partial charge < -0.3 is 15.5 Å². The van der Waals surface area contributed by atoms with Crippen LogP contribution in [0.4, 0.5) is 5.69 Å². The van der Waals surface area contributed by atoms with E-state index in [0.717, 1.165) is 12.8 Å². The van der Waals surface area contributed by atoms with Crippen molar-refractivity contribution in [3.05, 3.63) is 59.2 Å². The second-order valence-electron chi connectivity index (χ2n) is 7.94. The van der Waals surface area contributed by atoms with Crippen LogP contribution in [-0.4, -0.2) is 45.3 Å². The molecule has 4 rings (SSSR count). The number of aromatic hydroxyl groups is 1. The van der Waals surface area contributed by atoms with Crippen molar-refractivity contribution in [1.82, 2.24) is 4.90 Å². The molecule has 0 saturated heterocycles. The third-order valence-electron chi connectivity index (χ3n) is 6.04. The van der Waals surface area contributed by atoms with Crippen molar-refractivity contribution in [3.8, 4) is 5.75 Å². The number of carbonyl (C=O) groups excluding carboxylic acids is 3. The molecule has 1 aliphatic heterocycles. The number of amides is 3. The molecule has 2 aromatic carbocycles. The maximum absolute atomic E-state index is 13.0. The van der Waals surface area contributed by atoms with Gasteiger partial charge in [-0.2, -0.15) is 0 Å². The van der Waals surface area contributed by atoms with Gasteiger partial charge in [-0.15, -0.1) is 0 Å². The van der Waals surface area contributed by atoms with E-state index in [1.807, 2.05) is 0 Å². The number of aromatic carboxylic acids is 1. The van der Waals surface area contributed by atoms with E-state index < -0.39 is 11.9 Å². The van der Waals surface area contributed by atoms with Gasteiger partial charge >= 0.3 is 5.97 Å². The van der Waals surface area contributed by atoms with Gasteiger partial charge in [0.2, 0.25) is 5.91 Å². The highest BCUT2D eigenvalue weighted by Crippen LogP contribution is 2.34. The lowest BCUT2D eigenvalue weighted by atomic mass is 9.78. The number of nitrogens with zero attached hydrogens (tertiary/aromatic N) is 1. The van der Waals surface area contributed by atoms with E-state index in [9.17, 15) is 24.3 Å². The summed E-state index contributed by atoms with van der Waals surface area (Å²) in [6, 6.07) is 10.5. The Bertz CT molecular complexity index is 1040. The Morgan fingerprint density at radius 2 is 1.65 bits per heavy atom. The third-order valence-corrected chi connectivity index (χ3v) is 6.04. The number of hydrogen-bond acceptors (Lipinski definition) is 5. The van der Waals surface area contributed by atoms with Crippen LogP contribution in [0.5, 0.6) is 5.75 Å². The van der Waals surface area contributed by atoms with Gasteiger partial charge in [0.25, 0.3) is 11.8 Å². The minimum absolute atomic E-state index is 0.167. The van der Waals surface area contributed by atoms with Crippen LogP contribution in [0.1, 0.15) is 56.8 Å². The Labute approximate surface area is 178 Å². The first-order valence-corrected chi connectivity index (χ1v) is 10.2. The topological polar surface area (TPSA) is 124 Å². The maximum Gasteiger partial charge on any atom is 0.339 e. The second kappa shape index (κ2) is 8.22. The number of rotatable bonds is 5. The van der Waals surface area contributed by atoms with E-state index in [1.165, 1.54) is 23.1 Å². The van der Waals surface area contributed by atoms with Gasteiger partial charge in [-0.05, 0) is 49.1 Å². The maximum atomic E-state index is 13.0. The van der Waals surface area contributed by atoms with Gasteiger partial charge in [0, 0.05) is 18.2 Å². The van der Waals surface area contributed by atoms with Gasteiger partial charge in [0.15, 0.2) is 0 Å². The van der Waals surface area contributed by atoms with E-state index >= 15 is 0 Å². The quantitative estimate of drug-likeness (QED) is 0.502. The molecule has 1 heterocycles. The van der Waals surface area contributed by atoms with Gasteiger partial charge in [-0.25, -0.2) is 4.79 Å². The molecule has 0 aromatic heterocycles. The van der Waals surface area contributed by atoms with E-state index in [-0.39, 0.29) is 47.2 Å². The Morgan fingerprint density at radius 1 is 1.00 bits per heavy atom. The van der Waals surface area contributed by atoms with E-state index in [1.54, 1.807) is 24.3 Å². The van der Waals surface area contributed by atoms with Crippen LogP contribution in [0.15, 0.2) is 42.5 Å². The van der Waals surface area contributed by atoms with Crippen LogP contribution in [0, 0.1) is 11.8 Å². The summed E-state index contributed by atoms with van der Waals surface area (Å²) in [5, 5.41) is 21.5. The average molecular weight is 422 g/mol. The number of nitrogens with one attached hydrogen (secondary N) is 1. The molecule has 3 N–H and O–H groups in total. The second-order valence-corrected chi connectivity index (χ2v) is 7.94. The molecule has 3 amide bonds. The van der Waals surface area contributed by atoms with Gasteiger partial charge in [0.1, 0.15) is 11.3 Å². The lowest BCUT2D eigenvalue weighted by Crippen LogP contribution is -2.41. The van der Waals surface area contributed by atoms with E-state index in [0.29, 0.717) is 24.0 Å². The minimum atomic E-state index is -1.30. The Balaban J connectivity index is 1.50. The standard InChI is InChI=1S/C23H22N2O6/c26-19-10-9-14(11-18(19)23(30)31)24-20(27)15-6-2-1-5-13(15)12-25-21(28)16-7-3-4-8-17(16)22(25)29/h3-4,7-11,13,15,26H,1-2,5-6,12H2,(H,24,27)(H,30,31). The molecule has 2 aliphatic rings. The molecule has 2 unspecified atom stereocenters. The summed E-state index contributed by atoms with van der Waals surface area (Å²) in [6.45, 7) is 0.167. The van der Waals surface area contributed by atoms with Crippen molar-refractivity contribution in [2.24, 2.45) is 11.8 Å². The highest BCUT2D eigenvalue weighted by molar-refractivity contribution is 6.21. The normalized spacial score (nSPS) is 20.5. The molecular weight excluding hydrogens is 400 g/mol. The summed E-state index contributed by atoms with van der Waals surface area (Å²) in [5.41, 5.74) is 0.735. The third kappa shape index (κ3) is 3.88. The van der Waals surface area contributed by atoms with Crippen LogP contribution in [0.25, 0.3) is 0 Å². The summed E-state index contributed by atoms with van der Waals surface area (Å²) in [6.07, 6.45) is 3.08. The molecule has 8 nitrogen and oxygen atoms in total. The molecule has 1 saturated carbocycles. The molecule has 8 heteroatoms. The van der Waals surface area contributed by atoms with Crippen LogP contribution in [0.3, 0.4) is 0 Å². The van der Waals surface area contributed by atoms with E-state index in [2.05, 4.69) is 5.32 Å². The lowest BCUT2D eigenvalue weighted by Gasteiger charge is -2.32. The summed E-state index contributed by atoms with van der Waals surface area (Å²) < 4.78 is 0. The average Bonchev–Trinajstić information content (AvgIpc) is 3.00. The summed E-state index contributed by atoms with van der Waals surface area (Å²) in [7, 11) is 0. The number of anilines is 1. The fourth-order valence-electron chi connectivity index (χ4n) is 4.43. The zero-order valence-corrected chi connectivity index (χ0v) is 16.7. The Morgan fingerprint density at radius 3 is 2.29 bits per heavy atom. The largest absolute Gasteiger partial charge is 0.507 e. The zero-order chi connectivity index (χ0) is 22.1. The van der Waals surface area contributed by atoms with Crippen molar-refractivity contribution in [1.29, 1.82) is 0 Å².